The lowest BCUT2D eigenvalue weighted by Crippen LogP contribution is -1.97. The van der Waals surface area contributed by atoms with Gasteiger partial charge in [-0.15, -0.1) is 5.10 Å². The summed E-state index contributed by atoms with van der Waals surface area (Å²) in [5, 5.41) is 11.9. The molecule has 0 aliphatic carbocycles. The number of nitrogens with zero attached hydrogens (tertiary/aromatic N) is 3. The molecule has 0 aliphatic rings. The molecule has 0 atom stereocenters. The third-order valence-corrected chi connectivity index (χ3v) is 3.39. The molecule has 2 aromatic rings. The van der Waals surface area contributed by atoms with E-state index in [-0.39, 0.29) is 0 Å². The fraction of sp³-hybridized carbons (Fsp3) is 0.350. The van der Waals surface area contributed by atoms with Crippen LogP contribution in [0, 0.1) is 0 Å². The molecule has 0 fully saturated rings. The van der Waals surface area contributed by atoms with Gasteiger partial charge in [0.15, 0.2) is 0 Å². The quantitative estimate of drug-likeness (QED) is 0.361. The minimum Gasteiger partial charge on any atom is -0.169 e. The van der Waals surface area contributed by atoms with Crippen LogP contribution >= 0.6 is 0 Å². The molecule has 0 saturated heterocycles. The summed E-state index contributed by atoms with van der Waals surface area (Å²) < 4.78 is 0. The molecule has 0 aromatic heterocycles. The monoisotopic (exact) mass is 309 g/mol. The van der Waals surface area contributed by atoms with Gasteiger partial charge in [-0.25, -0.2) is 0 Å². The molecule has 2 aromatic carbocycles. The molecule has 0 bridgehead atoms. The van der Waals surface area contributed by atoms with E-state index in [0.29, 0.717) is 6.54 Å². The Balaban J connectivity index is 0.00000127. The predicted molar refractivity (Wildman–Crippen MR) is 100 cm³/mol. The van der Waals surface area contributed by atoms with Gasteiger partial charge in [0.05, 0.1) is 12.3 Å². The number of aryl methyl sites for hydroxylation is 1. The minimum atomic E-state index is 0.650. The first-order valence-electron chi connectivity index (χ1n) is 8.36. The molecular weight excluding hydrogens is 282 g/mol. The van der Waals surface area contributed by atoms with E-state index in [0.717, 1.165) is 17.7 Å². The zero-order chi connectivity index (χ0) is 17.1. The first kappa shape index (κ1) is 18.8. The van der Waals surface area contributed by atoms with Crippen molar-refractivity contribution in [3.8, 4) is 11.1 Å². The van der Waals surface area contributed by atoms with Crippen LogP contribution in [-0.2, 0) is 6.42 Å². The van der Waals surface area contributed by atoms with Gasteiger partial charge in [0.1, 0.15) is 0 Å². The van der Waals surface area contributed by atoms with Gasteiger partial charge in [-0.3, -0.25) is 0 Å². The van der Waals surface area contributed by atoms with E-state index in [9.17, 15) is 0 Å². The van der Waals surface area contributed by atoms with Crippen LogP contribution in [0.2, 0.25) is 0 Å². The van der Waals surface area contributed by atoms with E-state index in [1.807, 2.05) is 39.8 Å². The SMILES string of the molecule is CC.CCN=N/N=C(\C)c1ccccc1-c1ccc(CC)cc1. The zero-order valence-corrected chi connectivity index (χ0v) is 14.9. The Morgan fingerprint density at radius 3 is 2.17 bits per heavy atom. The number of hydrogen-bond donors (Lipinski definition) is 0. The highest BCUT2D eigenvalue weighted by Crippen LogP contribution is 2.25. The van der Waals surface area contributed by atoms with E-state index < -0.39 is 0 Å². The van der Waals surface area contributed by atoms with E-state index >= 15 is 0 Å². The van der Waals surface area contributed by atoms with E-state index in [1.165, 1.54) is 16.7 Å². The van der Waals surface area contributed by atoms with Crippen molar-refractivity contribution in [1.82, 2.24) is 0 Å². The molecule has 0 N–H and O–H groups in total. The molecule has 0 saturated carbocycles. The highest BCUT2D eigenvalue weighted by atomic mass is 15.4. The van der Waals surface area contributed by atoms with E-state index in [2.05, 4.69) is 58.8 Å². The fourth-order valence-corrected chi connectivity index (χ4v) is 2.19. The molecule has 0 spiro atoms. The highest BCUT2D eigenvalue weighted by Gasteiger charge is 2.07. The lowest BCUT2D eigenvalue weighted by Gasteiger charge is -2.09. The molecule has 3 nitrogen and oxygen atoms in total. The normalized spacial score (nSPS) is 11.3. The summed E-state index contributed by atoms with van der Waals surface area (Å²) in [6, 6.07) is 16.9. The van der Waals surface area contributed by atoms with Crippen LogP contribution in [-0.4, -0.2) is 12.3 Å². The van der Waals surface area contributed by atoms with Gasteiger partial charge in [0.25, 0.3) is 0 Å². The Morgan fingerprint density at radius 2 is 1.57 bits per heavy atom. The summed E-state index contributed by atoms with van der Waals surface area (Å²) in [6.45, 7) is 10.7. The standard InChI is InChI=1S/C18H21N3.C2H6/c1-4-15-10-12-16(13-11-15)18-9-7-6-8-17(18)14(3)20-21-19-5-2;1-2/h6-13H,4-5H2,1-3H3;1-2H3/b20-14+,21-19?;. The van der Waals surface area contributed by atoms with Crippen molar-refractivity contribution in [2.75, 3.05) is 6.54 Å². The van der Waals surface area contributed by atoms with Gasteiger partial charge in [-0.1, -0.05) is 69.3 Å². The summed E-state index contributed by atoms with van der Waals surface area (Å²) >= 11 is 0. The third kappa shape index (κ3) is 5.44. The van der Waals surface area contributed by atoms with Crippen LogP contribution < -0.4 is 0 Å². The van der Waals surface area contributed by atoms with Crippen molar-refractivity contribution < 1.29 is 0 Å². The minimum absolute atomic E-state index is 0.650. The van der Waals surface area contributed by atoms with Gasteiger partial charge in [0, 0.05) is 5.56 Å². The molecule has 0 heterocycles. The summed E-state index contributed by atoms with van der Waals surface area (Å²) in [6.07, 6.45) is 1.06. The van der Waals surface area contributed by atoms with Crippen LogP contribution in [0.25, 0.3) is 11.1 Å². The third-order valence-electron chi connectivity index (χ3n) is 3.39. The average molecular weight is 309 g/mol. The Kier molecular flexibility index (Phi) is 8.51. The summed E-state index contributed by atoms with van der Waals surface area (Å²) in [5.41, 5.74) is 5.69. The number of rotatable bonds is 5. The Hall–Kier alpha value is -2.29. The summed E-state index contributed by atoms with van der Waals surface area (Å²) in [5.74, 6) is 0. The van der Waals surface area contributed by atoms with Crippen molar-refractivity contribution >= 4 is 5.71 Å². The largest absolute Gasteiger partial charge is 0.169 e. The smallest absolute Gasteiger partial charge is 0.0696 e. The van der Waals surface area contributed by atoms with Gasteiger partial charge in [0.2, 0.25) is 0 Å². The van der Waals surface area contributed by atoms with Crippen molar-refractivity contribution in [2.45, 2.75) is 41.0 Å². The van der Waals surface area contributed by atoms with Crippen LogP contribution in [0.3, 0.4) is 0 Å². The second-order valence-electron chi connectivity index (χ2n) is 4.83. The van der Waals surface area contributed by atoms with Crippen LogP contribution in [0.1, 0.15) is 45.7 Å². The van der Waals surface area contributed by atoms with Gasteiger partial charge in [-0.2, -0.15) is 5.11 Å². The second-order valence-corrected chi connectivity index (χ2v) is 4.83. The summed E-state index contributed by atoms with van der Waals surface area (Å²) in [4.78, 5) is 0. The Bertz CT molecular complexity index is 640. The number of benzene rings is 2. The van der Waals surface area contributed by atoms with E-state index in [1.54, 1.807) is 0 Å². The predicted octanol–water partition coefficient (Wildman–Crippen LogP) is 6.14. The van der Waals surface area contributed by atoms with Crippen LogP contribution in [0.15, 0.2) is 64.0 Å². The first-order valence-corrected chi connectivity index (χ1v) is 8.36. The van der Waals surface area contributed by atoms with Gasteiger partial charge < -0.3 is 0 Å². The van der Waals surface area contributed by atoms with Gasteiger partial charge in [-0.05, 0) is 42.2 Å². The lowest BCUT2D eigenvalue weighted by atomic mass is 9.96. The van der Waals surface area contributed by atoms with Crippen molar-refractivity contribution in [3.63, 3.8) is 0 Å². The molecule has 0 amide bonds. The van der Waals surface area contributed by atoms with Crippen LogP contribution in [0.5, 0.6) is 0 Å². The topological polar surface area (TPSA) is 37.1 Å². The van der Waals surface area contributed by atoms with Crippen molar-refractivity contribution in [3.05, 3.63) is 59.7 Å². The van der Waals surface area contributed by atoms with Crippen molar-refractivity contribution in [2.24, 2.45) is 15.4 Å². The molecule has 0 aliphatic heterocycles. The van der Waals surface area contributed by atoms with Crippen molar-refractivity contribution in [1.29, 1.82) is 0 Å². The van der Waals surface area contributed by atoms with E-state index in [4.69, 9.17) is 0 Å². The van der Waals surface area contributed by atoms with Crippen LogP contribution in [0.4, 0.5) is 0 Å². The Labute approximate surface area is 140 Å². The highest BCUT2D eigenvalue weighted by molar-refractivity contribution is 6.04. The fourth-order valence-electron chi connectivity index (χ4n) is 2.19. The Morgan fingerprint density at radius 1 is 0.913 bits per heavy atom. The molecule has 3 heteroatoms. The molecular formula is C20H27N3. The second kappa shape index (κ2) is 10.4. The average Bonchev–Trinajstić information content (AvgIpc) is 2.63. The molecule has 0 unspecified atom stereocenters. The zero-order valence-electron chi connectivity index (χ0n) is 14.9. The maximum absolute atomic E-state index is 4.18. The molecule has 122 valence electrons. The lowest BCUT2D eigenvalue weighted by molar-refractivity contribution is 0.926. The molecule has 2 rings (SSSR count). The molecule has 23 heavy (non-hydrogen) atoms. The van der Waals surface area contributed by atoms with Gasteiger partial charge >= 0.3 is 0 Å². The molecule has 0 radical (unpaired) electrons. The number of hydrogen-bond acceptors (Lipinski definition) is 2. The maximum atomic E-state index is 4.18. The summed E-state index contributed by atoms with van der Waals surface area (Å²) in [7, 11) is 0. The first-order chi connectivity index (χ1) is 11.3. The maximum Gasteiger partial charge on any atom is 0.0696 e.